The van der Waals surface area contributed by atoms with E-state index in [1.807, 2.05) is 12.1 Å². The molecule has 0 saturated heterocycles. The average Bonchev–Trinajstić information content (AvgIpc) is 2.37. The second-order valence-corrected chi connectivity index (χ2v) is 4.78. The number of amides is 1. The van der Waals surface area contributed by atoms with Crippen LogP contribution in [0.5, 0.6) is 5.75 Å². The lowest BCUT2D eigenvalue weighted by molar-refractivity contribution is -0.139. The maximum absolute atomic E-state index is 11.8. The van der Waals surface area contributed by atoms with Gasteiger partial charge in [-0.15, -0.1) is 0 Å². The molecule has 0 bridgehead atoms. The van der Waals surface area contributed by atoms with Gasteiger partial charge in [0.05, 0.1) is 6.42 Å². The van der Waals surface area contributed by atoms with Crippen LogP contribution in [0, 0.1) is 0 Å². The number of hydrogen-bond acceptors (Lipinski definition) is 3. The largest absolute Gasteiger partial charge is 0.484 e. The first-order valence-electron chi connectivity index (χ1n) is 5.91. The Hall–Kier alpha value is -1.56. The first kappa shape index (κ1) is 15.5. The molecule has 0 fully saturated rings. The first-order valence-corrected chi connectivity index (χ1v) is 6.70. The summed E-state index contributed by atoms with van der Waals surface area (Å²) in [5.41, 5.74) is 0. The van der Waals surface area contributed by atoms with Crippen molar-refractivity contribution in [2.75, 3.05) is 19.7 Å². The number of hydrogen-bond donors (Lipinski definition) is 1. The van der Waals surface area contributed by atoms with Crippen molar-refractivity contribution in [1.82, 2.24) is 4.90 Å². The predicted molar refractivity (Wildman–Crippen MR) is 74.1 cm³/mol. The molecule has 0 aliphatic heterocycles. The van der Waals surface area contributed by atoms with Gasteiger partial charge in [-0.1, -0.05) is 22.0 Å². The number of carbonyl (C=O) groups is 2. The summed E-state index contributed by atoms with van der Waals surface area (Å²) < 4.78 is 6.24. The van der Waals surface area contributed by atoms with Gasteiger partial charge >= 0.3 is 5.97 Å². The number of carbonyl (C=O) groups excluding carboxylic acids is 1. The van der Waals surface area contributed by atoms with Gasteiger partial charge in [-0.05, 0) is 25.1 Å². The fourth-order valence-corrected chi connectivity index (χ4v) is 1.86. The van der Waals surface area contributed by atoms with Crippen LogP contribution in [0.4, 0.5) is 0 Å². The van der Waals surface area contributed by atoms with Crippen LogP contribution < -0.4 is 4.74 Å². The summed E-state index contributed by atoms with van der Waals surface area (Å²) in [6, 6.07) is 7.19. The Labute approximate surface area is 120 Å². The fourth-order valence-electron chi connectivity index (χ4n) is 1.48. The Kier molecular flexibility index (Phi) is 6.35. The number of likely N-dealkylation sites (N-methyl/N-ethyl adjacent to an activating group) is 1. The average molecular weight is 330 g/mol. The van der Waals surface area contributed by atoms with E-state index >= 15 is 0 Å². The van der Waals surface area contributed by atoms with Crippen molar-refractivity contribution in [3.8, 4) is 5.75 Å². The van der Waals surface area contributed by atoms with Crippen LogP contribution in [0.2, 0.25) is 0 Å². The lowest BCUT2D eigenvalue weighted by Gasteiger charge is -2.20. The number of aliphatic carboxylic acids is 1. The Morgan fingerprint density at radius 2 is 2.16 bits per heavy atom. The van der Waals surface area contributed by atoms with E-state index in [1.54, 1.807) is 19.1 Å². The predicted octanol–water partition coefficient (Wildman–Crippen LogP) is 2.15. The van der Waals surface area contributed by atoms with E-state index in [0.29, 0.717) is 12.3 Å². The molecule has 0 radical (unpaired) electrons. The molecule has 0 heterocycles. The highest BCUT2D eigenvalue weighted by Crippen LogP contribution is 2.17. The third-order valence-electron chi connectivity index (χ3n) is 2.49. The highest BCUT2D eigenvalue weighted by Gasteiger charge is 2.13. The molecule has 1 aromatic rings. The Bertz CT molecular complexity index is 450. The Morgan fingerprint density at radius 3 is 2.74 bits per heavy atom. The molecule has 19 heavy (non-hydrogen) atoms. The molecule has 1 aromatic carbocycles. The molecule has 1 rings (SSSR count). The molecule has 0 saturated carbocycles. The van der Waals surface area contributed by atoms with Crippen molar-refractivity contribution in [3.05, 3.63) is 28.7 Å². The van der Waals surface area contributed by atoms with Gasteiger partial charge in [0.25, 0.3) is 5.91 Å². The summed E-state index contributed by atoms with van der Waals surface area (Å²) in [4.78, 5) is 23.8. The summed E-state index contributed by atoms with van der Waals surface area (Å²) in [5.74, 6) is -0.542. The summed E-state index contributed by atoms with van der Waals surface area (Å²) in [5, 5.41) is 8.60. The zero-order valence-corrected chi connectivity index (χ0v) is 12.2. The first-order chi connectivity index (χ1) is 9.02. The standard InChI is InChI=1S/C13H16BrNO4/c1-2-15(7-6-13(17)18)12(16)9-19-11-5-3-4-10(14)8-11/h3-5,8H,2,6-7,9H2,1H3,(H,17,18). The Morgan fingerprint density at radius 1 is 1.42 bits per heavy atom. The molecule has 0 aliphatic carbocycles. The zero-order valence-electron chi connectivity index (χ0n) is 10.6. The van der Waals surface area contributed by atoms with Crippen molar-refractivity contribution < 1.29 is 19.4 Å². The lowest BCUT2D eigenvalue weighted by atomic mass is 10.3. The number of carboxylic acid groups (broad SMARTS) is 1. The molecule has 1 amide bonds. The minimum Gasteiger partial charge on any atom is -0.484 e. The van der Waals surface area contributed by atoms with Gasteiger partial charge in [0.15, 0.2) is 6.61 Å². The normalized spacial score (nSPS) is 10.0. The minimum absolute atomic E-state index is 0.0591. The van der Waals surface area contributed by atoms with Crippen LogP contribution in [0.1, 0.15) is 13.3 Å². The lowest BCUT2D eigenvalue weighted by Crippen LogP contribution is -2.36. The summed E-state index contributed by atoms with van der Waals surface area (Å²) in [6.07, 6.45) is -0.0591. The summed E-state index contributed by atoms with van der Waals surface area (Å²) in [6.45, 7) is 2.38. The van der Waals surface area contributed by atoms with Gasteiger partial charge in [0.1, 0.15) is 5.75 Å². The van der Waals surface area contributed by atoms with Crippen LogP contribution in [0.3, 0.4) is 0 Å². The second kappa shape index (κ2) is 7.78. The topological polar surface area (TPSA) is 66.8 Å². The van der Waals surface area contributed by atoms with Gasteiger partial charge in [0.2, 0.25) is 0 Å². The van der Waals surface area contributed by atoms with Crippen molar-refractivity contribution >= 4 is 27.8 Å². The third-order valence-corrected chi connectivity index (χ3v) is 2.98. The smallest absolute Gasteiger partial charge is 0.305 e. The van der Waals surface area contributed by atoms with Crippen molar-refractivity contribution in [1.29, 1.82) is 0 Å². The van der Waals surface area contributed by atoms with Crippen LogP contribution in [-0.4, -0.2) is 41.6 Å². The molecule has 0 atom stereocenters. The number of ether oxygens (including phenoxy) is 1. The van der Waals surface area contributed by atoms with Crippen LogP contribution in [0.25, 0.3) is 0 Å². The quantitative estimate of drug-likeness (QED) is 0.832. The molecule has 0 aliphatic rings. The van der Waals surface area contributed by atoms with E-state index in [-0.39, 0.29) is 25.5 Å². The SMILES string of the molecule is CCN(CCC(=O)O)C(=O)COc1cccc(Br)c1. The van der Waals surface area contributed by atoms with Crippen LogP contribution in [-0.2, 0) is 9.59 Å². The van der Waals surface area contributed by atoms with Crippen molar-refractivity contribution in [3.63, 3.8) is 0 Å². The third kappa shape index (κ3) is 5.74. The maximum Gasteiger partial charge on any atom is 0.305 e. The minimum atomic E-state index is -0.917. The Balaban J connectivity index is 2.46. The summed E-state index contributed by atoms with van der Waals surface area (Å²) >= 11 is 3.31. The highest BCUT2D eigenvalue weighted by molar-refractivity contribution is 9.10. The molecular weight excluding hydrogens is 314 g/mol. The van der Waals surface area contributed by atoms with E-state index in [4.69, 9.17) is 9.84 Å². The number of halogens is 1. The monoisotopic (exact) mass is 329 g/mol. The summed E-state index contributed by atoms with van der Waals surface area (Å²) in [7, 11) is 0. The number of carboxylic acids is 1. The molecule has 1 N–H and O–H groups in total. The van der Waals surface area contributed by atoms with Gasteiger partial charge < -0.3 is 14.7 Å². The van der Waals surface area contributed by atoms with Crippen molar-refractivity contribution in [2.24, 2.45) is 0 Å². The van der Waals surface area contributed by atoms with Gasteiger partial charge in [0, 0.05) is 17.6 Å². The van der Waals surface area contributed by atoms with E-state index in [2.05, 4.69) is 15.9 Å². The molecule has 0 spiro atoms. The van der Waals surface area contributed by atoms with E-state index in [0.717, 1.165) is 4.47 Å². The molecule has 0 aromatic heterocycles. The van der Waals surface area contributed by atoms with Crippen LogP contribution >= 0.6 is 15.9 Å². The van der Waals surface area contributed by atoms with E-state index in [9.17, 15) is 9.59 Å². The fraction of sp³-hybridized carbons (Fsp3) is 0.385. The highest BCUT2D eigenvalue weighted by atomic mass is 79.9. The van der Waals surface area contributed by atoms with Crippen LogP contribution in [0.15, 0.2) is 28.7 Å². The molecule has 5 nitrogen and oxygen atoms in total. The second-order valence-electron chi connectivity index (χ2n) is 3.86. The molecular formula is C13H16BrNO4. The molecule has 0 unspecified atom stereocenters. The van der Waals surface area contributed by atoms with E-state index in [1.165, 1.54) is 4.90 Å². The number of rotatable bonds is 7. The van der Waals surface area contributed by atoms with E-state index < -0.39 is 5.97 Å². The van der Waals surface area contributed by atoms with Gasteiger partial charge in [-0.25, -0.2) is 0 Å². The van der Waals surface area contributed by atoms with Crippen molar-refractivity contribution in [2.45, 2.75) is 13.3 Å². The molecule has 6 heteroatoms. The maximum atomic E-state index is 11.8. The number of benzene rings is 1. The van der Waals surface area contributed by atoms with Gasteiger partial charge in [-0.2, -0.15) is 0 Å². The zero-order chi connectivity index (χ0) is 14.3. The number of nitrogens with zero attached hydrogens (tertiary/aromatic N) is 1. The van der Waals surface area contributed by atoms with Gasteiger partial charge in [-0.3, -0.25) is 9.59 Å². The molecule has 104 valence electrons.